The van der Waals surface area contributed by atoms with Gasteiger partial charge in [0.05, 0.1) is 18.4 Å². The molecule has 0 aliphatic carbocycles. The van der Waals surface area contributed by atoms with Crippen LogP contribution in [0.25, 0.3) is 0 Å². The second-order valence-electron chi connectivity index (χ2n) is 3.81. The second kappa shape index (κ2) is 6.10. The average Bonchev–Trinajstić information content (AvgIpc) is 2.38. The molecule has 0 radical (unpaired) electrons. The summed E-state index contributed by atoms with van der Waals surface area (Å²) in [7, 11) is -3.06. The summed E-state index contributed by atoms with van der Waals surface area (Å²) < 4.78 is 30.2. The number of aliphatic carboxylic acids is 1. The Morgan fingerprint density at radius 3 is 2.50 bits per heavy atom. The van der Waals surface area contributed by atoms with E-state index in [0.717, 1.165) is 14.0 Å². The molecule has 9 heteroatoms. The third kappa shape index (κ3) is 3.61. The minimum absolute atomic E-state index is 0.102. The van der Waals surface area contributed by atoms with Gasteiger partial charge < -0.3 is 9.84 Å². The van der Waals surface area contributed by atoms with Crippen LogP contribution in [0.4, 0.5) is 5.69 Å². The van der Waals surface area contributed by atoms with Gasteiger partial charge in [0.2, 0.25) is 10.0 Å². The summed E-state index contributed by atoms with van der Waals surface area (Å²) in [4.78, 5) is 22.3. The maximum atomic E-state index is 11.8. The Labute approximate surface area is 120 Å². The number of carboxylic acids is 1. The van der Waals surface area contributed by atoms with Gasteiger partial charge in [0.1, 0.15) is 0 Å². The monoisotopic (exact) mass is 321 g/mol. The van der Waals surface area contributed by atoms with E-state index in [-0.39, 0.29) is 16.3 Å². The van der Waals surface area contributed by atoms with Crippen molar-refractivity contribution in [1.82, 2.24) is 0 Å². The molecule has 1 rings (SSSR count). The van der Waals surface area contributed by atoms with Crippen molar-refractivity contribution >= 4 is 39.3 Å². The van der Waals surface area contributed by atoms with Gasteiger partial charge in [-0.2, -0.15) is 0 Å². The number of methoxy groups -OCH3 is 1. The van der Waals surface area contributed by atoms with Crippen LogP contribution in [-0.4, -0.2) is 37.8 Å². The molecule has 0 aromatic heterocycles. The number of nitrogens with one attached hydrogen (secondary N) is 1. The summed E-state index contributed by atoms with van der Waals surface area (Å²) in [5.41, 5.74) is -0.212. The summed E-state index contributed by atoms with van der Waals surface area (Å²) in [5.74, 6) is -2.31. The Balaban J connectivity index is 3.22. The first kappa shape index (κ1) is 16.3. The fraction of sp³-hybridized carbons (Fsp3) is 0.273. The highest BCUT2D eigenvalue weighted by atomic mass is 35.5. The Bertz CT molecular complexity index is 642. The van der Waals surface area contributed by atoms with Gasteiger partial charge in [-0.15, -0.1) is 0 Å². The van der Waals surface area contributed by atoms with Gasteiger partial charge in [0.15, 0.2) is 5.25 Å². The standard InChI is InChI=1S/C11H12ClNO6S/c1-6(10(14)15)20(17,18)13-9-4-3-7(12)5-8(9)11(16)19-2/h3-6,13H,1-2H3,(H,14,15). The van der Waals surface area contributed by atoms with Crippen LogP contribution >= 0.6 is 11.6 Å². The number of hydrogen-bond donors (Lipinski definition) is 2. The van der Waals surface area contributed by atoms with Crippen LogP contribution in [0.1, 0.15) is 17.3 Å². The number of anilines is 1. The number of halogens is 1. The highest BCUT2D eigenvalue weighted by Crippen LogP contribution is 2.23. The van der Waals surface area contributed by atoms with Crippen LogP contribution in [0.15, 0.2) is 18.2 Å². The van der Waals surface area contributed by atoms with Crippen molar-refractivity contribution in [3.8, 4) is 0 Å². The van der Waals surface area contributed by atoms with Crippen LogP contribution < -0.4 is 4.72 Å². The fourth-order valence-electron chi connectivity index (χ4n) is 1.26. The molecule has 7 nitrogen and oxygen atoms in total. The molecule has 0 fully saturated rings. The van der Waals surface area contributed by atoms with Crippen LogP contribution in [0, 0.1) is 0 Å². The molecular weight excluding hydrogens is 310 g/mol. The molecule has 0 amide bonds. The molecule has 0 saturated heterocycles. The lowest BCUT2D eigenvalue weighted by molar-refractivity contribution is -0.136. The number of carbonyl (C=O) groups excluding carboxylic acids is 1. The molecule has 0 aliphatic heterocycles. The lowest BCUT2D eigenvalue weighted by atomic mass is 10.2. The maximum absolute atomic E-state index is 11.8. The Morgan fingerprint density at radius 1 is 1.40 bits per heavy atom. The second-order valence-corrected chi connectivity index (χ2v) is 6.25. The highest BCUT2D eigenvalue weighted by molar-refractivity contribution is 7.94. The van der Waals surface area contributed by atoms with E-state index < -0.39 is 27.2 Å². The van der Waals surface area contributed by atoms with Crippen molar-refractivity contribution in [2.45, 2.75) is 12.2 Å². The molecule has 1 unspecified atom stereocenters. The van der Waals surface area contributed by atoms with E-state index in [4.69, 9.17) is 16.7 Å². The molecule has 2 N–H and O–H groups in total. The van der Waals surface area contributed by atoms with E-state index in [1.54, 1.807) is 0 Å². The Morgan fingerprint density at radius 2 is 2.00 bits per heavy atom. The SMILES string of the molecule is COC(=O)c1cc(Cl)ccc1NS(=O)(=O)C(C)C(=O)O. The molecule has 1 aromatic carbocycles. The maximum Gasteiger partial charge on any atom is 0.340 e. The molecule has 1 aromatic rings. The lowest BCUT2D eigenvalue weighted by Crippen LogP contribution is -2.32. The van der Waals surface area contributed by atoms with Crippen molar-refractivity contribution in [3.05, 3.63) is 28.8 Å². The van der Waals surface area contributed by atoms with E-state index in [0.29, 0.717) is 0 Å². The zero-order valence-electron chi connectivity index (χ0n) is 10.6. The molecule has 0 spiro atoms. The van der Waals surface area contributed by atoms with E-state index >= 15 is 0 Å². The summed E-state index contributed by atoms with van der Waals surface area (Å²) in [6, 6.07) is 3.83. The minimum Gasteiger partial charge on any atom is -0.480 e. The largest absolute Gasteiger partial charge is 0.480 e. The number of esters is 1. The summed E-state index contributed by atoms with van der Waals surface area (Å²) in [5, 5.41) is 7.26. The molecule has 0 saturated carbocycles. The highest BCUT2D eigenvalue weighted by Gasteiger charge is 2.29. The molecule has 0 aliphatic rings. The number of sulfonamides is 1. The van der Waals surface area contributed by atoms with Crippen molar-refractivity contribution in [2.24, 2.45) is 0 Å². The normalized spacial score (nSPS) is 12.6. The summed E-state index contributed by atoms with van der Waals surface area (Å²) in [6.45, 7) is 1.01. The minimum atomic E-state index is -4.19. The third-order valence-corrected chi connectivity index (χ3v) is 4.32. The van der Waals surface area contributed by atoms with Crippen molar-refractivity contribution in [3.63, 3.8) is 0 Å². The Kier molecular flexibility index (Phi) is 4.96. The van der Waals surface area contributed by atoms with Crippen LogP contribution in [0.5, 0.6) is 0 Å². The molecule has 20 heavy (non-hydrogen) atoms. The van der Waals surface area contributed by atoms with Crippen LogP contribution in [0.2, 0.25) is 5.02 Å². The van der Waals surface area contributed by atoms with E-state index in [1.165, 1.54) is 18.2 Å². The Hall–Kier alpha value is -1.80. The molecule has 0 heterocycles. The molecule has 1 atom stereocenters. The molecule has 0 bridgehead atoms. The van der Waals surface area contributed by atoms with Crippen molar-refractivity contribution in [1.29, 1.82) is 0 Å². The van der Waals surface area contributed by atoms with Gasteiger partial charge in [-0.25, -0.2) is 13.2 Å². The van der Waals surface area contributed by atoms with Gasteiger partial charge in [-0.1, -0.05) is 11.6 Å². The van der Waals surface area contributed by atoms with E-state index in [2.05, 4.69) is 4.74 Å². The number of ether oxygens (including phenoxy) is 1. The molecular formula is C11H12ClNO6S. The number of rotatable bonds is 5. The van der Waals surface area contributed by atoms with Crippen LogP contribution in [-0.2, 0) is 19.6 Å². The van der Waals surface area contributed by atoms with Gasteiger partial charge in [-0.3, -0.25) is 9.52 Å². The predicted octanol–water partition coefficient (Wildman–Crippen LogP) is 1.34. The first-order valence-corrected chi connectivity index (χ1v) is 7.23. The van der Waals surface area contributed by atoms with Gasteiger partial charge >= 0.3 is 11.9 Å². The van der Waals surface area contributed by atoms with Crippen LogP contribution in [0.3, 0.4) is 0 Å². The first-order chi connectivity index (χ1) is 9.19. The summed E-state index contributed by atoms with van der Waals surface area (Å²) >= 11 is 5.72. The van der Waals surface area contributed by atoms with Crippen molar-refractivity contribution in [2.75, 3.05) is 11.8 Å². The first-order valence-electron chi connectivity index (χ1n) is 5.31. The average molecular weight is 322 g/mol. The van der Waals surface area contributed by atoms with Gasteiger partial charge in [0, 0.05) is 5.02 Å². The fourth-order valence-corrected chi connectivity index (χ4v) is 2.36. The molecule has 110 valence electrons. The van der Waals surface area contributed by atoms with E-state index in [9.17, 15) is 18.0 Å². The van der Waals surface area contributed by atoms with E-state index in [1.807, 2.05) is 4.72 Å². The number of carbonyl (C=O) groups is 2. The third-order valence-electron chi connectivity index (χ3n) is 2.45. The number of carboxylic acid groups (broad SMARTS) is 1. The van der Waals surface area contributed by atoms with Crippen molar-refractivity contribution < 1.29 is 27.9 Å². The van der Waals surface area contributed by atoms with Gasteiger partial charge in [-0.05, 0) is 25.1 Å². The summed E-state index contributed by atoms with van der Waals surface area (Å²) in [6.07, 6.45) is 0. The number of benzene rings is 1. The zero-order chi connectivity index (χ0) is 15.5. The zero-order valence-corrected chi connectivity index (χ0v) is 12.2. The smallest absolute Gasteiger partial charge is 0.340 e. The lowest BCUT2D eigenvalue weighted by Gasteiger charge is -2.14. The van der Waals surface area contributed by atoms with Gasteiger partial charge in [0.25, 0.3) is 0 Å². The topological polar surface area (TPSA) is 110 Å². The number of hydrogen-bond acceptors (Lipinski definition) is 5. The predicted molar refractivity (Wildman–Crippen MR) is 72.4 cm³/mol. The quantitative estimate of drug-likeness (QED) is 0.792.